The van der Waals surface area contributed by atoms with Gasteiger partial charge < -0.3 is 11.1 Å². The number of halogens is 1. The number of anilines is 1. The van der Waals surface area contributed by atoms with E-state index in [1.165, 1.54) is 4.90 Å². The molecular formula is C14H16ClN3O2. The van der Waals surface area contributed by atoms with E-state index in [4.69, 9.17) is 17.3 Å². The number of carbonyl (C=O) groups is 2. The van der Waals surface area contributed by atoms with E-state index in [2.05, 4.69) is 5.32 Å². The zero-order valence-electron chi connectivity index (χ0n) is 11.0. The SMILES string of the molecule is Nc1ccc(Cl)c(CN2C(=O)NC3(CCCC3)C2=O)c1. The van der Waals surface area contributed by atoms with Crippen molar-refractivity contribution in [2.45, 2.75) is 37.8 Å². The summed E-state index contributed by atoms with van der Waals surface area (Å²) in [6.45, 7) is 0.163. The molecule has 0 unspecified atom stereocenters. The first-order valence-electron chi connectivity index (χ1n) is 6.70. The van der Waals surface area contributed by atoms with Crippen LogP contribution in [0.2, 0.25) is 5.02 Å². The number of nitrogens with one attached hydrogen (secondary N) is 1. The van der Waals surface area contributed by atoms with Crippen molar-refractivity contribution in [3.8, 4) is 0 Å². The molecule has 3 rings (SSSR count). The molecule has 0 bridgehead atoms. The number of hydrogen-bond donors (Lipinski definition) is 2. The largest absolute Gasteiger partial charge is 0.399 e. The van der Waals surface area contributed by atoms with Gasteiger partial charge in [0.05, 0.1) is 6.54 Å². The van der Waals surface area contributed by atoms with Crippen LogP contribution in [0.4, 0.5) is 10.5 Å². The minimum absolute atomic E-state index is 0.140. The van der Waals surface area contributed by atoms with Crippen LogP contribution in [0.1, 0.15) is 31.2 Å². The number of benzene rings is 1. The number of urea groups is 1. The van der Waals surface area contributed by atoms with Gasteiger partial charge in [0, 0.05) is 10.7 Å². The minimum Gasteiger partial charge on any atom is -0.399 e. The highest BCUT2D eigenvalue weighted by atomic mass is 35.5. The van der Waals surface area contributed by atoms with Crippen LogP contribution in [0.3, 0.4) is 0 Å². The number of rotatable bonds is 2. The maximum atomic E-state index is 12.5. The number of nitrogen functional groups attached to an aromatic ring is 1. The van der Waals surface area contributed by atoms with Gasteiger partial charge in [-0.25, -0.2) is 4.79 Å². The molecule has 2 fully saturated rings. The third-order valence-electron chi connectivity index (χ3n) is 4.10. The Hall–Kier alpha value is -1.75. The first-order valence-corrected chi connectivity index (χ1v) is 7.08. The molecule has 1 spiro atoms. The summed E-state index contributed by atoms with van der Waals surface area (Å²) >= 11 is 6.10. The van der Waals surface area contributed by atoms with Crippen molar-refractivity contribution in [2.24, 2.45) is 0 Å². The van der Waals surface area contributed by atoms with Crippen LogP contribution in [0, 0.1) is 0 Å². The van der Waals surface area contributed by atoms with Crippen LogP contribution in [0.5, 0.6) is 0 Å². The Bertz CT molecular complexity index is 582. The highest BCUT2D eigenvalue weighted by molar-refractivity contribution is 6.31. The summed E-state index contributed by atoms with van der Waals surface area (Å²) in [6, 6.07) is 4.73. The average molecular weight is 294 g/mol. The van der Waals surface area contributed by atoms with E-state index in [-0.39, 0.29) is 18.5 Å². The highest BCUT2D eigenvalue weighted by Crippen LogP contribution is 2.36. The zero-order valence-corrected chi connectivity index (χ0v) is 11.7. The Morgan fingerprint density at radius 3 is 2.70 bits per heavy atom. The van der Waals surface area contributed by atoms with Crippen LogP contribution < -0.4 is 11.1 Å². The van der Waals surface area contributed by atoms with E-state index in [1.807, 2.05) is 0 Å². The number of imide groups is 1. The maximum Gasteiger partial charge on any atom is 0.325 e. The Kier molecular flexibility index (Phi) is 3.09. The van der Waals surface area contributed by atoms with Crippen LogP contribution in [-0.4, -0.2) is 22.4 Å². The summed E-state index contributed by atoms with van der Waals surface area (Å²) in [5, 5.41) is 3.35. The molecule has 1 aromatic rings. The number of amides is 3. The van der Waals surface area contributed by atoms with Crippen LogP contribution in [-0.2, 0) is 11.3 Å². The summed E-state index contributed by atoms with van der Waals surface area (Å²) in [5.41, 5.74) is 6.29. The van der Waals surface area contributed by atoms with Crippen molar-refractivity contribution in [1.29, 1.82) is 0 Å². The van der Waals surface area contributed by atoms with Crippen LogP contribution >= 0.6 is 11.6 Å². The molecule has 3 N–H and O–H groups in total. The molecule has 20 heavy (non-hydrogen) atoms. The van der Waals surface area contributed by atoms with Gasteiger partial charge >= 0.3 is 6.03 Å². The molecule has 106 valence electrons. The summed E-state index contributed by atoms with van der Waals surface area (Å²) in [4.78, 5) is 25.8. The van der Waals surface area contributed by atoms with Gasteiger partial charge in [-0.05, 0) is 36.6 Å². The van der Waals surface area contributed by atoms with Gasteiger partial charge in [-0.1, -0.05) is 24.4 Å². The van der Waals surface area contributed by atoms with Crippen LogP contribution in [0.25, 0.3) is 0 Å². The molecule has 6 heteroatoms. The lowest BCUT2D eigenvalue weighted by molar-refractivity contribution is -0.131. The van der Waals surface area contributed by atoms with E-state index in [0.29, 0.717) is 16.3 Å². The Balaban J connectivity index is 1.86. The summed E-state index contributed by atoms with van der Waals surface area (Å²) in [5.74, 6) is -0.140. The third-order valence-corrected chi connectivity index (χ3v) is 4.47. The van der Waals surface area contributed by atoms with Gasteiger partial charge in [-0.2, -0.15) is 0 Å². The van der Waals surface area contributed by atoms with Crippen molar-refractivity contribution in [2.75, 3.05) is 5.73 Å². The lowest BCUT2D eigenvalue weighted by Crippen LogP contribution is -2.44. The third kappa shape index (κ3) is 2.02. The Morgan fingerprint density at radius 1 is 1.30 bits per heavy atom. The molecule has 1 saturated carbocycles. The van der Waals surface area contributed by atoms with E-state index in [1.54, 1.807) is 18.2 Å². The van der Waals surface area contributed by atoms with Crippen LogP contribution in [0.15, 0.2) is 18.2 Å². The molecule has 1 aromatic carbocycles. The second-order valence-electron chi connectivity index (χ2n) is 5.46. The van der Waals surface area contributed by atoms with Crippen molar-refractivity contribution in [3.63, 3.8) is 0 Å². The molecule has 0 radical (unpaired) electrons. The molecule has 1 aliphatic heterocycles. The average Bonchev–Trinajstić information content (AvgIpc) is 2.96. The molecule has 1 heterocycles. The second-order valence-corrected chi connectivity index (χ2v) is 5.87. The standard InChI is InChI=1S/C14H16ClN3O2/c15-11-4-3-10(16)7-9(11)8-18-12(19)14(17-13(18)20)5-1-2-6-14/h3-4,7H,1-2,5-6,8,16H2,(H,17,20). The van der Waals surface area contributed by atoms with Crippen molar-refractivity contribution in [1.82, 2.24) is 10.2 Å². The van der Waals surface area contributed by atoms with E-state index >= 15 is 0 Å². The van der Waals surface area contributed by atoms with Gasteiger partial charge in [0.2, 0.25) is 0 Å². The van der Waals surface area contributed by atoms with Gasteiger partial charge in [-0.3, -0.25) is 9.69 Å². The fourth-order valence-corrected chi connectivity index (χ4v) is 3.20. The Labute approximate surface area is 122 Å². The highest BCUT2D eigenvalue weighted by Gasteiger charge is 2.52. The predicted molar refractivity (Wildman–Crippen MR) is 76.1 cm³/mol. The fourth-order valence-electron chi connectivity index (χ4n) is 3.02. The maximum absolute atomic E-state index is 12.5. The number of hydrogen-bond acceptors (Lipinski definition) is 3. The van der Waals surface area contributed by atoms with Gasteiger partial charge in [0.1, 0.15) is 5.54 Å². The second kappa shape index (κ2) is 4.66. The topological polar surface area (TPSA) is 75.4 Å². The number of carbonyl (C=O) groups excluding carboxylic acids is 2. The number of nitrogens with two attached hydrogens (primary N) is 1. The summed E-state index contributed by atoms with van der Waals surface area (Å²) in [7, 11) is 0. The normalized spacial score (nSPS) is 20.8. The molecule has 3 amide bonds. The molecule has 1 saturated heterocycles. The summed E-state index contributed by atoms with van der Waals surface area (Å²) in [6.07, 6.45) is 3.38. The van der Waals surface area contributed by atoms with Gasteiger partial charge in [-0.15, -0.1) is 0 Å². The molecular weight excluding hydrogens is 278 g/mol. The van der Waals surface area contributed by atoms with E-state index < -0.39 is 5.54 Å². The zero-order chi connectivity index (χ0) is 14.3. The summed E-state index contributed by atoms with van der Waals surface area (Å²) < 4.78 is 0. The molecule has 1 aliphatic carbocycles. The number of nitrogens with zero attached hydrogens (tertiary/aromatic N) is 1. The lowest BCUT2D eigenvalue weighted by Gasteiger charge is -2.20. The Morgan fingerprint density at radius 2 is 2.00 bits per heavy atom. The molecule has 5 nitrogen and oxygen atoms in total. The fraction of sp³-hybridized carbons (Fsp3) is 0.429. The first kappa shape index (κ1) is 13.2. The monoisotopic (exact) mass is 293 g/mol. The molecule has 0 aromatic heterocycles. The quantitative estimate of drug-likeness (QED) is 0.649. The van der Waals surface area contributed by atoms with Crippen molar-refractivity contribution >= 4 is 29.2 Å². The lowest BCUT2D eigenvalue weighted by atomic mass is 9.98. The molecule has 2 aliphatic rings. The predicted octanol–water partition coefficient (Wildman–Crippen LogP) is 2.29. The van der Waals surface area contributed by atoms with E-state index in [0.717, 1.165) is 25.7 Å². The van der Waals surface area contributed by atoms with Gasteiger partial charge in [0.15, 0.2) is 0 Å². The van der Waals surface area contributed by atoms with E-state index in [9.17, 15) is 9.59 Å². The smallest absolute Gasteiger partial charge is 0.325 e. The van der Waals surface area contributed by atoms with Gasteiger partial charge in [0.25, 0.3) is 5.91 Å². The minimum atomic E-state index is -0.677. The van der Waals surface area contributed by atoms with Crippen molar-refractivity contribution < 1.29 is 9.59 Å². The first-order chi connectivity index (χ1) is 9.52. The van der Waals surface area contributed by atoms with Crippen molar-refractivity contribution in [3.05, 3.63) is 28.8 Å². The molecule has 0 atom stereocenters.